The van der Waals surface area contributed by atoms with E-state index in [1.165, 1.54) is 31.2 Å². The number of ketones is 1. The summed E-state index contributed by atoms with van der Waals surface area (Å²) in [5.41, 5.74) is 1.74. The summed E-state index contributed by atoms with van der Waals surface area (Å²) >= 11 is 0. The van der Waals surface area contributed by atoms with E-state index in [0.717, 1.165) is 18.2 Å². The van der Waals surface area contributed by atoms with E-state index >= 15 is 0 Å². The van der Waals surface area contributed by atoms with Gasteiger partial charge < -0.3 is 9.64 Å². The number of amides is 1. The first-order valence-electron chi connectivity index (χ1n) is 9.82. The molecule has 1 aliphatic rings. The Labute approximate surface area is 181 Å². The minimum absolute atomic E-state index is 0.102. The Kier molecular flexibility index (Phi) is 6.74. The highest BCUT2D eigenvalue weighted by atomic mass is 32.2. The van der Waals surface area contributed by atoms with Crippen LogP contribution < -0.4 is 4.72 Å². The molecule has 2 aromatic carbocycles. The molecule has 1 N–H and O–H groups in total. The van der Waals surface area contributed by atoms with Gasteiger partial charge in [-0.25, -0.2) is 13.2 Å². The Morgan fingerprint density at radius 2 is 1.84 bits per heavy atom. The molecule has 0 radical (unpaired) electrons. The number of rotatable bonds is 8. The van der Waals surface area contributed by atoms with Crippen molar-refractivity contribution < 1.29 is 27.5 Å². The summed E-state index contributed by atoms with van der Waals surface area (Å²) in [6, 6.07) is 12.7. The van der Waals surface area contributed by atoms with Crippen LogP contribution in [-0.2, 0) is 26.1 Å². The van der Waals surface area contributed by atoms with E-state index < -0.39 is 27.9 Å². The molecule has 2 aromatic rings. The normalized spacial score (nSPS) is 14.9. The minimum Gasteiger partial charge on any atom is -0.451 e. The Balaban J connectivity index is 1.62. The number of esters is 1. The molecule has 1 fully saturated rings. The summed E-state index contributed by atoms with van der Waals surface area (Å²) < 4.78 is 30.2. The smallest absolute Gasteiger partial charge is 0.338 e. The zero-order valence-electron chi connectivity index (χ0n) is 17.3. The molecule has 0 saturated carbocycles. The quantitative estimate of drug-likeness (QED) is 0.495. The second kappa shape index (κ2) is 9.30. The van der Waals surface area contributed by atoms with Crippen molar-refractivity contribution in [3.05, 3.63) is 65.2 Å². The van der Waals surface area contributed by atoms with Crippen molar-refractivity contribution in [2.75, 3.05) is 17.5 Å². The molecule has 8 nitrogen and oxygen atoms in total. The zero-order valence-corrected chi connectivity index (χ0v) is 18.1. The largest absolute Gasteiger partial charge is 0.451 e. The van der Waals surface area contributed by atoms with Gasteiger partial charge in [-0.15, -0.1) is 0 Å². The Bertz CT molecular complexity index is 1100. The maximum absolute atomic E-state index is 12.6. The average molecular weight is 445 g/mol. The third-order valence-corrected chi connectivity index (χ3v) is 5.44. The standard InChI is InChI=1S/C22H24N2O6S/c1-15(21(26)17-8-10-19(11-9-17)23-31(2,28)29)30-22(27)18-6-3-5-16(13-18)14-24-12-4-7-20(24)25/h3,5-6,8-11,13,15,23H,4,7,12,14H2,1-2H3. The van der Waals surface area contributed by atoms with Gasteiger partial charge >= 0.3 is 5.97 Å². The first-order valence-corrected chi connectivity index (χ1v) is 11.7. The molecule has 1 amide bonds. The van der Waals surface area contributed by atoms with Crippen LogP contribution in [0.15, 0.2) is 48.5 Å². The molecular weight excluding hydrogens is 420 g/mol. The third kappa shape index (κ3) is 6.14. The van der Waals surface area contributed by atoms with E-state index in [2.05, 4.69) is 4.72 Å². The van der Waals surface area contributed by atoms with Crippen LogP contribution >= 0.6 is 0 Å². The maximum Gasteiger partial charge on any atom is 0.338 e. The third-order valence-electron chi connectivity index (χ3n) is 4.83. The first kappa shape index (κ1) is 22.5. The van der Waals surface area contributed by atoms with Crippen molar-refractivity contribution in [2.45, 2.75) is 32.4 Å². The fraction of sp³-hybridized carbons (Fsp3) is 0.318. The molecule has 0 aromatic heterocycles. The second-order valence-electron chi connectivity index (χ2n) is 7.48. The van der Waals surface area contributed by atoms with Gasteiger partial charge in [0.25, 0.3) is 0 Å². The van der Waals surface area contributed by atoms with Crippen LogP contribution in [0, 0.1) is 0 Å². The molecule has 0 spiro atoms. The van der Waals surface area contributed by atoms with Gasteiger partial charge in [-0.2, -0.15) is 0 Å². The molecule has 1 atom stereocenters. The fourth-order valence-corrected chi connectivity index (χ4v) is 3.89. The van der Waals surface area contributed by atoms with Crippen molar-refractivity contribution >= 4 is 33.4 Å². The molecule has 31 heavy (non-hydrogen) atoms. The number of benzene rings is 2. The van der Waals surface area contributed by atoms with E-state index in [1.54, 1.807) is 23.1 Å². The molecule has 1 aliphatic heterocycles. The Morgan fingerprint density at radius 3 is 2.45 bits per heavy atom. The molecule has 164 valence electrons. The Hall–Kier alpha value is -3.20. The van der Waals surface area contributed by atoms with E-state index in [4.69, 9.17) is 4.74 Å². The van der Waals surface area contributed by atoms with Crippen LogP contribution in [0.4, 0.5) is 5.69 Å². The van der Waals surface area contributed by atoms with E-state index in [1.807, 2.05) is 6.07 Å². The molecule has 1 heterocycles. The number of anilines is 1. The van der Waals surface area contributed by atoms with E-state index in [-0.39, 0.29) is 5.91 Å². The second-order valence-corrected chi connectivity index (χ2v) is 9.23. The van der Waals surface area contributed by atoms with E-state index in [0.29, 0.717) is 36.3 Å². The summed E-state index contributed by atoms with van der Waals surface area (Å²) in [6.07, 6.45) is 1.40. The SMILES string of the molecule is CC(OC(=O)c1cccc(CN2CCCC2=O)c1)C(=O)c1ccc(NS(C)(=O)=O)cc1. The van der Waals surface area contributed by atoms with Gasteiger partial charge in [0, 0.05) is 30.8 Å². The number of nitrogens with zero attached hydrogens (tertiary/aromatic N) is 1. The minimum atomic E-state index is -3.41. The summed E-state index contributed by atoms with van der Waals surface area (Å²) in [5.74, 6) is -0.936. The van der Waals surface area contributed by atoms with Crippen LogP contribution in [0.1, 0.15) is 46.0 Å². The lowest BCUT2D eigenvalue weighted by Crippen LogP contribution is -2.25. The maximum atomic E-state index is 12.6. The highest BCUT2D eigenvalue weighted by Gasteiger charge is 2.22. The zero-order chi connectivity index (χ0) is 22.6. The molecular formula is C22H24N2O6S. The van der Waals surface area contributed by atoms with Gasteiger partial charge in [0.05, 0.1) is 11.8 Å². The van der Waals surface area contributed by atoms with Crippen molar-refractivity contribution in [3.8, 4) is 0 Å². The van der Waals surface area contributed by atoms with Gasteiger partial charge in [-0.1, -0.05) is 12.1 Å². The summed E-state index contributed by atoms with van der Waals surface area (Å²) in [4.78, 5) is 38.7. The van der Waals surface area contributed by atoms with Crippen LogP contribution in [0.25, 0.3) is 0 Å². The van der Waals surface area contributed by atoms with Gasteiger partial charge in [0.1, 0.15) is 0 Å². The van der Waals surface area contributed by atoms with Crippen molar-refractivity contribution in [2.24, 2.45) is 0 Å². The molecule has 9 heteroatoms. The summed E-state index contributed by atoms with van der Waals surface area (Å²) in [7, 11) is -3.41. The molecule has 0 bridgehead atoms. The van der Waals surface area contributed by atoms with Gasteiger partial charge in [-0.3, -0.25) is 14.3 Å². The molecule has 1 unspecified atom stereocenters. The monoisotopic (exact) mass is 444 g/mol. The number of nitrogens with one attached hydrogen (secondary N) is 1. The summed E-state index contributed by atoms with van der Waals surface area (Å²) in [5, 5.41) is 0. The van der Waals surface area contributed by atoms with Crippen LogP contribution in [0.5, 0.6) is 0 Å². The lowest BCUT2D eigenvalue weighted by Gasteiger charge is -2.16. The van der Waals surface area contributed by atoms with Crippen molar-refractivity contribution in [1.82, 2.24) is 4.90 Å². The number of carbonyl (C=O) groups is 3. The van der Waals surface area contributed by atoms with Gasteiger partial charge in [-0.05, 0) is 55.3 Å². The predicted octanol–water partition coefficient (Wildman–Crippen LogP) is 2.61. The van der Waals surface area contributed by atoms with E-state index in [9.17, 15) is 22.8 Å². The average Bonchev–Trinajstić information content (AvgIpc) is 3.11. The van der Waals surface area contributed by atoms with Crippen molar-refractivity contribution in [1.29, 1.82) is 0 Å². The van der Waals surface area contributed by atoms with Crippen LogP contribution in [0.2, 0.25) is 0 Å². The van der Waals surface area contributed by atoms with Crippen molar-refractivity contribution in [3.63, 3.8) is 0 Å². The molecule has 3 rings (SSSR count). The lowest BCUT2D eigenvalue weighted by atomic mass is 10.1. The van der Waals surface area contributed by atoms with Crippen LogP contribution in [-0.4, -0.2) is 49.9 Å². The number of Topliss-reactive ketones (excluding diaryl/α,β-unsaturated/α-hetero) is 1. The number of sulfonamides is 1. The van der Waals surface area contributed by atoms with Gasteiger partial charge in [0.2, 0.25) is 21.7 Å². The number of carbonyl (C=O) groups excluding carboxylic acids is 3. The number of hydrogen-bond acceptors (Lipinski definition) is 6. The number of hydrogen-bond donors (Lipinski definition) is 1. The molecule has 0 aliphatic carbocycles. The Morgan fingerprint density at radius 1 is 1.13 bits per heavy atom. The fourth-order valence-electron chi connectivity index (χ4n) is 3.32. The lowest BCUT2D eigenvalue weighted by molar-refractivity contribution is -0.128. The molecule has 1 saturated heterocycles. The van der Waals surface area contributed by atoms with Gasteiger partial charge in [0.15, 0.2) is 6.10 Å². The topological polar surface area (TPSA) is 110 Å². The first-order chi connectivity index (χ1) is 14.6. The predicted molar refractivity (Wildman–Crippen MR) is 115 cm³/mol. The summed E-state index contributed by atoms with van der Waals surface area (Å²) in [6.45, 7) is 2.62. The van der Waals surface area contributed by atoms with Crippen LogP contribution in [0.3, 0.4) is 0 Å². The highest BCUT2D eigenvalue weighted by Crippen LogP contribution is 2.17. The number of likely N-dealkylation sites (tertiary alicyclic amines) is 1. The highest BCUT2D eigenvalue weighted by molar-refractivity contribution is 7.92. The number of ether oxygens (including phenoxy) is 1.